The Morgan fingerprint density at radius 3 is 2.38 bits per heavy atom. The Labute approximate surface area is 158 Å². The van der Waals surface area contributed by atoms with E-state index in [2.05, 4.69) is 15.0 Å². The third-order valence-electron chi connectivity index (χ3n) is 3.99. The Bertz CT molecular complexity index is 1130. The molecule has 4 nitrogen and oxygen atoms in total. The molecule has 7 heteroatoms. The molecule has 0 aliphatic rings. The molecule has 0 aliphatic heterocycles. The van der Waals surface area contributed by atoms with E-state index in [0.29, 0.717) is 32.6 Å². The molecule has 2 aromatic carbocycles. The molecular weight excluding hydrogens is 374 g/mol. The van der Waals surface area contributed by atoms with E-state index in [1.54, 1.807) is 30.3 Å². The lowest BCUT2D eigenvalue weighted by molar-refractivity contribution is 0.628. The summed E-state index contributed by atoms with van der Waals surface area (Å²) in [7, 11) is 0. The summed E-state index contributed by atoms with van der Waals surface area (Å²) in [5.41, 5.74) is 9.33. The Kier molecular flexibility index (Phi) is 4.18. The largest absolute Gasteiger partial charge is 0.383 e. The van der Waals surface area contributed by atoms with Crippen LogP contribution in [0.25, 0.3) is 33.4 Å². The van der Waals surface area contributed by atoms with Crippen LogP contribution < -0.4 is 5.73 Å². The lowest BCUT2D eigenvalue weighted by Gasteiger charge is -2.12. The van der Waals surface area contributed by atoms with Crippen LogP contribution in [0.3, 0.4) is 0 Å². The maximum absolute atomic E-state index is 13.3. The van der Waals surface area contributed by atoms with Gasteiger partial charge in [-0.15, -0.1) is 0 Å². The van der Waals surface area contributed by atoms with E-state index in [1.165, 1.54) is 18.5 Å². The normalized spacial score (nSPS) is 11.0. The second-order valence-corrected chi connectivity index (χ2v) is 6.49. The highest BCUT2D eigenvalue weighted by molar-refractivity contribution is 6.36. The first-order chi connectivity index (χ1) is 12.5. The Hall–Kier alpha value is -2.76. The third kappa shape index (κ3) is 2.96. The van der Waals surface area contributed by atoms with Crippen LogP contribution in [0.15, 0.2) is 54.9 Å². The molecule has 4 rings (SSSR count). The predicted octanol–water partition coefficient (Wildman–Crippen LogP) is 5.39. The van der Waals surface area contributed by atoms with Crippen molar-refractivity contribution in [1.29, 1.82) is 0 Å². The number of rotatable bonds is 2. The van der Waals surface area contributed by atoms with E-state index in [1.807, 2.05) is 6.07 Å². The summed E-state index contributed by atoms with van der Waals surface area (Å²) >= 11 is 12.4. The predicted molar refractivity (Wildman–Crippen MR) is 103 cm³/mol. The van der Waals surface area contributed by atoms with E-state index < -0.39 is 0 Å². The molecule has 0 atom stereocenters. The molecule has 26 heavy (non-hydrogen) atoms. The topological polar surface area (TPSA) is 64.7 Å². The third-order valence-corrected chi connectivity index (χ3v) is 4.54. The SMILES string of the molecule is Nc1ncnc2nc(-c3ccc(F)cc3)cc(-c3ccc(Cl)cc3Cl)c12. The van der Waals surface area contributed by atoms with Gasteiger partial charge in [0.2, 0.25) is 0 Å². The zero-order valence-corrected chi connectivity index (χ0v) is 14.8. The van der Waals surface area contributed by atoms with Crippen molar-refractivity contribution in [1.82, 2.24) is 15.0 Å². The smallest absolute Gasteiger partial charge is 0.165 e. The number of fused-ring (bicyclic) bond motifs is 1. The fraction of sp³-hybridized carbons (Fsp3) is 0. The second-order valence-electron chi connectivity index (χ2n) is 5.64. The van der Waals surface area contributed by atoms with Gasteiger partial charge in [0.05, 0.1) is 11.1 Å². The number of aromatic nitrogens is 3. The number of nitrogens with two attached hydrogens (primary N) is 1. The summed E-state index contributed by atoms with van der Waals surface area (Å²) in [4.78, 5) is 12.8. The Morgan fingerprint density at radius 2 is 1.65 bits per heavy atom. The monoisotopic (exact) mass is 384 g/mol. The van der Waals surface area contributed by atoms with E-state index in [4.69, 9.17) is 28.9 Å². The lowest BCUT2D eigenvalue weighted by Crippen LogP contribution is -1.99. The number of nitrogens with zero attached hydrogens (tertiary/aromatic N) is 3. The molecule has 0 amide bonds. The summed E-state index contributed by atoms with van der Waals surface area (Å²) < 4.78 is 13.3. The van der Waals surface area contributed by atoms with E-state index >= 15 is 0 Å². The van der Waals surface area contributed by atoms with E-state index in [0.717, 1.165) is 16.7 Å². The highest BCUT2D eigenvalue weighted by atomic mass is 35.5. The quantitative estimate of drug-likeness (QED) is 0.503. The first-order valence-corrected chi connectivity index (χ1v) is 8.41. The van der Waals surface area contributed by atoms with Gasteiger partial charge in [0.25, 0.3) is 0 Å². The van der Waals surface area contributed by atoms with Crippen LogP contribution >= 0.6 is 23.2 Å². The van der Waals surface area contributed by atoms with Crippen LogP contribution in [-0.4, -0.2) is 15.0 Å². The van der Waals surface area contributed by atoms with E-state index in [-0.39, 0.29) is 5.82 Å². The number of anilines is 1. The molecule has 0 saturated carbocycles. The lowest BCUT2D eigenvalue weighted by atomic mass is 9.99. The molecule has 0 saturated heterocycles. The molecule has 0 unspecified atom stereocenters. The minimum absolute atomic E-state index is 0.300. The fourth-order valence-electron chi connectivity index (χ4n) is 2.78. The minimum Gasteiger partial charge on any atom is -0.383 e. The van der Waals surface area contributed by atoms with E-state index in [9.17, 15) is 4.39 Å². The molecule has 2 heterocycles. The van der Waals surface area contributed by atoms with Crippen molar-refractivity contribution in [2.75, 3.05) is 5.73 Å². The summed E-state index contributed by atoms with van der Waals surface area (Å²) in [6, 6.07) is 13.1. The Balaban J connectivity index is 2.04. The molecule has 4 aromatic rings. The second kappa shape index (κ2) is 6.52. The molecular formula is C19H11Cl2FN4. The van der Waals surface area contributed by atoms with Crippen LogP contribution in [0, 0.1) is 5.82 Å². The number of pyridine rings is 1. The summed E-state index contributed by atoms with van der Waals surface area (Å²) in [6.07, 6.45) is 1.35. The average molecular weight is 385 g/mol. The minimum atomic E-state index is -0.318. The highest BCUT2D eigenvalue weighted by Crippen LogP contribution is 2.38. The van der Waals surface area contributed by atoms with Gasteiger partial charge in [-0.3, -0.25) is 0 Å². The molecule has 0 fully saturated rings. The van der Waals surface area contributed by atoms with Gasteiger partial charge in [0, 0.05) is 26.7 Å². The summed E-state index contributed by atoms with van der Waals surface area (Å²) in [6.45, 7) is 0. The number of nitrogen functional groups attached to an aromatic ring is 1. The van der Waals surface area contributed by atoms with Gasteiger partial charge in [0.15, 0.2) is 5.65 Å². The first kappa shape index (κ1) is 16.7. The van der Waals surface area contributed by atoms with Crippen LogP contribution in [0.1, 0.15) is 0 Å². The van der Waals surface area contributed by atoms with Gasteiger partial charge in [-0.2, -0.15) is 0 Å². The highest BCUT2D eigenvalue weighted by Gasteiger charge is 2.16. The van der Waals surface area contributed by atoms with Crippen LogP contribution in [0.4, 0.5) is 10.2 Å². The Morgan fingerprint density at radius 1 is 0.885 bits per heavy atom. The average Bonchev–Trinajstić information content (AvgIpc) is 2.62. The van der Waals surface area contributed by atoms with Crippen molar-refractivity contribution in [3.05, 3.63) is 70.7 Å². The van der Waals surface area contributed by atoms with Crippen LogP contribution in [-0.2, 0) is 0 Å². The number of hydrogen-bond donors (Lipinski definition) is 1. The number of hydrogen-bond acceptors (Lipinski definition) is 4. The van der Waals surface area contributed by atoms with Gasteiger partial charge in [-0.05, 0) is 42.5 Å². The summed E-state index contributed by atoms with van der Waals surface area (Å²) in [5, 5.41) is 1.60. The fourth-order valence-corrected chi connectivity index (χ4v) is 3.29. The van der Waals surface area contributed by atoms with Crippen molar-refractivity contribution in [3.63, 3.8) is 0 Å². The zero-order valence-electron chi connectivity index (χ0n) is 13.2. The van der Waals surface area contributed by atoms with Gasteiger partial charge in [0.1, 0.15) is 18.0 Å². The maximum atomic E-state index is 13.3. The number of benzene rings is 2. The van der Waals surface area contributed by atoms with Crippen LogP contribution in [0.2, 0.25) is 10.0 Å². The van der Waals surface area contributed by atoms with Crippen molar-refractivity contribution >= 4 is 40.1 Å². The van der Waals surface area contributed by atoms with Gasteiger partial charge in [-0.1, -0.05) is 29.3 Å². The standard InChI is InChI=1S/C19H11Cl2FN4/c20-11-3-6-13(15(21)7-11)14-8-16(10-1-4-12(22)5-2-10)26-19-17(14)18(23)24-9-25-19/h1-9H,(H2,23,24,25,26). The maximum Gasteiger partial charge on any atom is 0.165 e. The molecule has 0 aliphatic carbocycles. The summed E-state index contributed by atoms with van der Waals surface area (Å²) in [5.74, 6) is -0.0174. The van der Waals surface area contributed by atoms with Crippen molar-refractivity contribution in [2.45, 2.75) is 0 Å². The first-order valence-electron chi connectivity index (χ1n) is 7.65. The number of halogens is 3. The van der Waals surface area contributed by atoms with Crippen molar-refractivity contribution in [3.8, 4) is 22.4 Å². The zero-order chi connectivity index (χ0) is 18.3. The van der Waals surface area contributed by atoms with Crippen molar-refractivity contribution < 1.29 is 4.39 Å². The van der Waals surface area contributed by atoms with Crippen LogP contribution in [0.5, 0.6) is 0 Å². The molecule has 0 spiro atoms. The van der Waals surface area contributed by atoms with Crippen molar-refractivity contribution in [2.24, 2.45) is 0 Å². The molecule has 0 radical (unpaired) electrons. The molecule has 128 valence electrons. The van der Waals surface area contributed by atoms with Gasteiger partial charge < -0.3 is 5.73 Å². The van der Waals surface area contributed by atoms with Gasteiger partial charge in [-0.25, -0.2) is 19.3 Å². The molecule has 2 N–H and O–H groups in total. The molecule has 2 aromatic heterocycles. The molecule has 0 bridgehead atoms. The van der Waals surface area contributed by atoms with Gasteiger partial charge >= 0.3 is 0 Å².